The van der Waals surface area contributed by atoms with Gasteiger partial charge in [0.05, 0.1) is 13.2 Å². The minimum Gasteiger partial charge on any atom is -0.565 e. The van der Waals surface area contributed by atoms with Gasteiger partial charge in [0.2, 0.25) is 6.16 Å². The van der Waals surface area contributed by atoms with Gasteiger partial charge in [0.1, 0.15) is 5.76 Å². The number of carboxylic acids is 1. The maximum absolute atomic E-state index is 12.3. The molecular weight excluding hydrogens is 429 g/mol. The molecule has 1 atom stereocenters. The average molecular weight is 449 g/mol. The summed E-state index contributed by atoms with van der Waals surface area (Å²) in [5.41, 5.74) is 1.75. The zero-order valence-electron chi connectivity index (χ0n) is 17.3. The van der Waals surface area contributed by atoms with Crippen molar-refractivity contribution in [2.45, 2.75) is 12.6 Å². The Balaban J connectivity index is 0.000000945. The van der Waals surface area contributed by atoms with E-state index in [0.29, 0.717) is 5.76 Å². The SMILES string of the molecule is O=C(NC(COCc1ccccc1)C(=O)O)c1ccc(-c2ccccc2)o1.O=C([O-])O.[Na+]. The quantitative estimate of drug-likeness (QED) is 0.380. The van der Waals surface area contributed by atoms with E-state index in [0.717, 1.165) is 11.1 Å². The third kappa shape index (κ3) is 9.36. The summed E-state index contributed by atoms with van der Waals surface area (Å²) >= 11 is 0. The Morgan fingerprint density at radius 1 is 0.938 bits per heavy atom. The Labute approximate surface area is 205 Å². The van der Waals surface area contributed by atoms with Crippen LogP contribution in [0.25, 0.3) is 11.3 Å². The van der Waals surface area contributed by atoms with Crippen molar-refractivity contribution in [3.63, 3.8) is 0 Å². The molecule has 1 amide bonds. The predicted octanol–water partition coefficient (Wildman–Crippen LogP) is -0.762. The summed E-state index contributed by atoms with van der Waals surface area (Å²) in [6.45, 7) is 0.113. The Morgan fingerprint density at radius 3 is 2.06 bits per heavy atom. The molecule has 0 saturated carbocycles. The van der Waals surface area contributed by atoms with Gasteiger partial charge in [-0.3, -0.25) is 4.79 Å². The van der Waals surface area contributed by atoms with Crippen LogP contribution in [0.15, 0.2) is 77.2 Å². The van der Waals surface area contributed by atoms with Crippen molar-refractivity contribution >= 4 is 18.0 Å². The van der Waals surface area contributed by atoms with Crippen LogP contribution in [0.1, 0.15) is 16.1 Å². The second-order valence-corrected chi connectivity index (χ2v) is 6.16. The third-order valence-corrected chi connectivity index (χ3v) is 3.89. The van der Waals surface area contributed by atoms with Gasteiger partial charge in [0.25, 0.3) is 5.91 Å². The number of carbonyl (C=O) groups excluding carboxylic acids is 1. The van der Waals surface area contributed by atoms with Crippen molar-refractivity contribution in [1.29, 1.82) is 0 Å². The molecule has 1 heterocycles. The first-order valence-corrected chi connectivity index (χ1v) is 9.07. The number of hydrogen-bond donors (Lipinski definition) is 3. The Kier molecular flexibility index (Phi) is 11.8. The van der Waals surface area contributed by atoms with E-state index in [1.807, 2.05) is 60.7 Å². The fourth-order valence-electron chi connectivity index (χ4n) is 2.49. The molecule has 32 heavy (non-hydrogen) atoms. The standard InChI is InChI=1S/C21H19NO5.CH2O3.Na/c23-20(19-12-11-18(27-19)16-9-5-2-6-10-16)22-17(21(24)25)14-26-13-15-7-3-1-4-8-15;2-1(3)4;/h1-12,17H,13-14H2,(H,22,23)(H,24,25);(H2,2,3,4);/q;;+1/p-1. The molecule has 3 N–H and O–H groups in total. The molecule has 0 bridgehead atoms. The fraction of sp³-hybridized carbons (Fsp3) is 0.136. The number of furan rings is 1. The average Bonchev–Trinajstić information content (AvgIpc) is 3.24. The van der Waals surface area contributed by atoms with Crippen LogP contribution in [0.4, 0.5) is 4.79 Å². The number of carbonyl (C=O) groups is 3. The smallest absolute Gasteiger partial charge is 0.565 e. The Bertz CT molecular complexity index is 987. The fourth-order valence-corrected chi connectivity index (χ4v) is 2.49. The molecule has 0 aliphatic heterocycles. The van der Waals surface area contributed by atoms with Crippen LogP contribution in [0.5, 0.6) is 0 Å². The number of amides is 1. The summed E-state index contributed by atoms with van der Waals surface area (Å²) < 4.78 is 11.0. The van der Waals surface area contributed by atoms with Crippen molar-refractivity contribution in [1.82, 2.24) is 5.32 Å². The van der Waals surface area contributed by atoms with Crippen LogP contribution in [-0.2, 0) is 16.1 Å². The molecule has 2 aromatic carbocycles. The number of hydrogen-bond acceptors (Lipinski definition) is 6. The molecule has 10 heteroatoms. The summed E-state index contributed by atoms with van der Waals surface area (Å²) in [5, 5.41) is 27.1. The zero-order chi connectivity index (χ0) is 22.6. The van der Waals surface area contributed by atoms with Gasteiger partial charge >= 0.3 is 35.5 Å². The molecule has 0 radical (unpaired) electrons. The molecular formula is C22H20NNaO8. The van der Waals surface area contributed by atoms with Crippen molar-refractivity contribution in [3.8, 4) is 11.3 Å². The van der Waals surface area contributed by atoms with Crippen molar-refractivity contribution in [2.24, 2.45) is 0 Å². The predicted molar refractivity (Wildman–Crippen MR) is 107 cm³/mol. The molecule has 162 valence electrons. The topological polar surface area (TPSA) is 149 Å². The summed E-state index contributed by atoms with van der Waals surface area (Å²) in [6, 6.07) is 20.7. The van der Waals surface area contributed by atoms with Crippen molar-refractivity contribution < 1.29 is 68.4 Å². The van der Waals surface area contributed by atoms with Gasteiger partial charge in [-0.1, -0.05) is 60.7 Å². The first-order chi connectivity index (χ1) is 14.9. The minimum atomic E-state index is -2.08. The van der Waals surface area contributed by atoms with Crippen LogP contribution in [0.3, 0.4) is 0 Å². The monoisotopic (exact) mass is 449 g/mol. The molecule has 1 aromatic heterocycles. The van der Waals surface area contributed by atoms with E-state index in [-0.39, 0.29) is 48.5 Å². The molecule has 9 nitrogen and oxygen atoms in total. The van der Waals surface area contributed by atoms with Gasteiger partial charge in [-0.15, -0.1) is 0 Å². The number of ether oxygens (including phenoxy) is 1. The number of aliphatic carboxylic acids is 1. The maximum atomic E-state index is 12.3. The number of rotatable bonds is 8. The van der Waals surface area contributed by atoms with Gasteiger partial charge < -0.3 is 34.6 Å². The molecule has 0 fully saturated rings. The van der Waals surface area contributed by atoms with Crippen LogP contribution in [0, 0.1) is 0 Å². The van der Waals surface area contributed by atoms with Gasteiger partial charge in [0, 0.05) is 5.56 Å². The number of nitrogens with one attached hydrogen (secondary N) is 1. The van der Waals surface area contributed by atoms with E-state index in [4.69, 9.17) is 24.2 Å². The first kappa shape index (κ1) is 26.9. The molecule has 3 aromatic rings. The summed E-state index contributed by atoms with van der Waals surface area (Å²) in [5.74, 6) is -1.20. The molecule has 0 saturated heterocycles. The summed E-state index contributed by atoms with van der Waals surface area (Å²) in [4.78, 5) is 32.2. The molecule has 3 rings (SSSR count). The molecule has 0 aliphatic rings. The van der Waals surface area contributed by atoms with Gasteiger partial charge in [-0.2, -0.15) is 0 Å². The third-order valence-electron chi connectivity index (χ3n) is 3.89. The molecule has 1 unspecified atom stereocenters. The minimum absolute atomic E-state index is 0. The van der Waals surface area contributed by atoms with E-state index < -0.39 is 24.1 Å². The second-order valence-electron chi connectivity index (χ2n) is 6.16. The van der Waals surface area contributed by atoms with Crippen LogP contribution in [0.2, 0.25) is 0 Å². The second kappa shape index (κ2) is 14.0. The van der Waals surface area contributed by atoms with Crippen molar-refractivity contribution in [2.75, 3.05) is 6.61 Å². The van der Waals surface area contributed by atoms with E-state index in [9.17, 15) is 14.7 Å². The van der Waals surface area contributed by atoms with Crippen LogP contribution in [-0.4, -0.2) is 40.9 Å². The van der Waals surface area contributed by atoms with Gasteiger partial charge in [0.15, 0.2) is 11.8 Å². The van der Waals surface area contributed by atoms with Gasteiger partial charge in [-0.05, 0) is 17.7 Å². The summed E-state index contributed by atoms with van der Waals surface area (Å²) in [7, 11) is 0. The Morgan fingerprint density at radius 2 is 1.50 bits per heavy atom. The number of benzene rings is 2. The Hall–Kier alpha value is -3.11. The van der Waals surface area contributed by atoms with E-state index in [1.54, 1.807) is 6.07 Å². The van der Waals surface area contributed by atoms with E-state index in [2.05, 4.69) is 5.32 Å². The molecule has 0 aliphatic carbocycles. The maximum Gasteiger partial charge on any atom is 1.00 e. The summed E-state index contributed by atoms with van der Waals surface area (Å²) in [6.07, 6.45) is -2.08. The molecule has 0 spiro atoms. The van der Waals surface area contributed by atoms with E-state index >= 15 is 0 Å². The zero-order valence-corrected chi connectivity index (χ0v) is 19.3. The normalized spacial score (nSPS) is 10.6. The van der Waals surface area contributed by atoms with Crippen molar-refractivity contribution in [3.05, 3.63) is 84.1 Å². The van der Waals surface area contributed by atoms with Gasteiger partial charge in [-0.25, -0.2) is 4.79 Å². The largest absolute Gasteiger partial charge is 1.00 e. The first-order valence-electron chi connectivity index (χ1n) is 9.07. The van der Waals surface area contributed by atoms with E-state index in [1.165, 1.54) is 6.07 Å². The number of carboxylic acid groups (broad SMARTS) is 3. The van der Waals surface area contributed by atoms with Crippen LogP contribution < -0.4 is 40.0 Å². The van der Waals surface area contributed by atoms with Crippen LogP contribution >= 0.6 is 0 Å².